The van der Waals surface area contributed by atoms with E-state index in [0.29, 0.717) is 0 Å². The zero-order valence-corrected chi connectivity index (χ0v) is 10.7. The maximum Gasteiger partial charge on any atom is 0.512 e. The summed E-state index contributed by atoms with van der Waals surface area (Å²) in [5, 5.41) is 0. The highest BCUT2D eigenvalue weighted by Crippen LogP contribution is 2.37. The van der Waals surface area contributed by atoms with Gasteiger partial charge in [-0.1, -0.05) is 0 Å². The average molecular weight is 261 g/mol. The Morgan fingerprint density at radius 2 is 1.61 bits per heavy atom. The number of nitrogens with one attached hydrogen (secondary N) is 1. The van der Waals surface area contributed by atoms with Crippen molar-refractivity contribution < 1.29 is 22.5 Å². The van der Waals surface area contributed by atoms with Crippen LogP contribution < -0.4 is 5.59 Å². The molecule has 2 heterocycles. The van der Waals surface area contributed by atoms with Crippen molar-refractivity contribution >= 4 is 12.7 Å². The smallest absolute Gasteiger partial charge is 0.398 e. The number of halogens is 3. The molecule has 3 nitrogen and oxygen atoms in total. The summed E-state index contributed by atoms with van der Waals surface area (Å²) in [5.74, 6) is 0. The molecule has 1 aliphatic rings. The van der Waals surface area contributed by atoms with Crippen LogP contribution in [0.4, 0.5) is 13.2 Å². The Balaban J connectivity index is 2.34. The van der Waals surface area contributed by atoms with Crippen LogP contribution in [0.1, 0.15) is 33.3 Å². The number of rotatable bonds is 1. The summed E-state index contributed by atoms with van der Waals surface area (Å²) >= 11 is 0. The molecule has 0 aromatic carbocycles. The van der Waals surface area contributed by atoms with E-state index in [4.69, 9.17) is 9.31 Å². The summed E-state index contributed by atoms with van der Waals surface area (Å²) in [5.41, 5.74) is -2.15. The SMILES string of the molecule is CC1(C)OB(c2[nH]ccc2C(F)(F)F)OC1(C)C. The molecule has 0 aliphatic carbocycles. The van der Waals surface area contributed by atoms with Gasteiger partial charge in [0.15, 0.2) is 0 Å². The van der Waals surface area contributed by atoms with Gasteiger partial charge in [0.1, 0.15) is 0 Å². The largest absolute Gasteiger partial charge is 0.512 e. The van der Waals surface area contributed by atoms with E-state index in [1.54, 1.807) is 27.7 Å². The second-order valence-electron chi connectivity index (χ2n) is 5.39. The molecular weight excluding hydrogens is 246 g/mol. The lowest BCUT2D eigenvalue weighted by molar-refractivity contribution is -0.136. The molecule has 0 unspecified atom stereocenters. The van der Waals surface area contributed by atoms with E-state index in [1.807, 2.05) is 0 Å². The Hall–Kier alpha value is -0.945. The van der Waals surface area contributed by atoms with Gasteiger partial charge in [0.2, 0.25) is 0 Å². The van der Waals surface area contributed by atoms with Gasteiger partial charge in [-0.15, -0.1) is 0 Å². The van der Waals surface area contributed by atoms with Gasteiger partial charge in [-0.2, -0.15) is 13.2 Å². The molecule has 0 spiro atoms. The first kappa shape index (κ1) is 13.5. The molecular formula is C11H15BF3NO2. The Labute approximate surface area is 104 Å². The molecule has 1 aromatic rings. The monoisotopic (exact) mass is 261 g/mol. The summed E-state index contributed by atoms with van der Waals surface area (Å²) < 4.78 is 49.5. The highest BCUT2D eigenvalue weighted by atomic mass is 19.4. The molecule has 7 heteroatoms. The predicted molar refractivity (Wildman–Crippen MR) is 61.5 cm³/mol. The minimum absolute atomic E-state index is 0.0823. The molecule has 0 atom stereocenters. The maximum absolute atomic E-state index is 12.8. The van der Waals surface area contributed by atoms with E-state index in [9.17, 15) is 13.2 Å². The second-order valence-corrected chi connectivity index (χ2v) is 5.39. The number of hydrogen-bond donors (Lipinski definition) is 1. The molecule has 0 saturated carbocycles. The number of hydrogen-bond acceptors (Lipinski definition) is 2. The van der Waals surface area contributed by atoms with Crippen LogP contribution in [0.3, 0.4) is 0 Å². The van der Waals surface area contributed by atoms with Crippen molar-refractivity contribution in [3.63, 3.8) is 0 Å². The summed E-state index contributed by atoms with van der Waals surface area (Å²) in [7, 11) is -1.03. The van der Waals surface area contributed by atoms with E-state index in [2.05, 4.69) is 4.98 Å². The topological polar surface area (TPSA) is 34.2 Å². The lowest BCUT2D eigenvalue weighted by atomic mass is 9.82. The highest BCUT2D eigenvalue weighted by molar-refractivity contribution is 6.61. The lowest BCUT2D eigenvalue weighted by Gasteiger charge is -2.32. The number of aromatic nitrogens is 1. The molecule has 2 rings (SSSR count). The van der Waals surface area contributed by atoms with Gasteiger partial charge in [0.25, 0.3) is 0 Å². The van der Waals surface area contributed by atoms with Crippen molar-refractivity contribution in [2.24, 2.45) is 0 Å². The van der Waals surface area contributed by atoms with E-state index < -0.39 is 30.1 Å². The predicted octanol–water partition coefficient (Wildman–Crippen LogP) is 2.33. The molecule has 100 valence electrons. The number of alkyl halides is 3. The molecule has 1 fully saturated rings. The Bertz CT molecular complexity index is 437. The summed E-state index contributed by atoms with van der Waals surface area (Å²) in [4.78, 5) is 2.56. The van der Waals surface area contributed by atoms with Crippen molar-refractivity contribution in [1.82, 2.24) is 4.98 Å². The third kappa shape index (κ3) is 2.05. The van der Waals surface area contributed by atoms with Gasteiger partial charge in [0.05, 0.1) is 22.4 Å². The quantitative estimate of drug-likeness (QED) is 0.787. The van der Waals surface area contributed by atoms with Crippen molar-refractivity contribution in [2.75, 3.05) is 0 Å². The normalized spacial score (nSPS) is 22.5. The standard InChI is InChI=1S/C11H15BF3NO2/c1-9(2)10(3,4)18-12(17-9)8-7(5-6-16-8)11(13,14)15/h5-6,16H,1-4H3. The summed E-state index contributed by atoms with van der Waals surface area (Å²) in [6, 6.07) is 0.986. The van der Waals surface area contributed by atoms with Crippen molar-refractivity contribution in [3.05, 3.63) is 17.8 Å². The van der Waals surface area contributed by atoms with Crippen LogP contribution in [0.2, 0.25) is 0 Å². The molecule has 1 N–H and O–H groups in total. The average Bonchev–Trinajstić information content (AvgIpc) is 2.68. The zero-order valence-electron chi connectivity index (χ0n) is 10.7. The molecule has 1 aliphatic heterocycles. The first-order valence-corrected chi connectivity index (χ1v) is 5.65. The first-order valence-electron chi connectivity index (χ1n) is 5.65. The van der Waals surface area contributed by atoms with Crippen LogP contribution >= 0.6 is 0 Å². The van der Waals surface area contributed by atoms with E-state index in [-0.39, 0.29) is 5.59 Å². The van der Waals surface area contributed by atoms with E-state index in [0.717, 1.165) is 6.07 Å². The van der Waals surface area contributed by atoms with Gasteiger partial charge >= 0.3 is 13.3 Å². The first-order chi connectivity index (χ1) is 8.05. The molecule has 1 aromatic heterocycles. The zero-order chi connectivity index (χ0) is 13.8. The van der Waals surface area contributed by atoms with Crippen molar-refractivity contribution in [1.29, 1.82) is 0 Å². The van der Waals surface area contributed by atoms with Crippen molar-refractivity contribution in [3.8, 4) is 0 Å². The van der Waals surface area contributed by atoms with Gasteiger partial charge in [-0.05, 0) is 33.8 Å². The molecule has 0 amide bonds. The molecule has 0 bridgehead atoms. The third-order valence-corrected chi connectivity index (χ3v) is 3.57. The van der Waals surface area contributed by atoms with Crippen molar-refractivity contribution in [2.45, 2.75) is 45.1 Å². The second kappa shape index (κ2) is 3.77. The lowest BCUT2D eigenvalue weighted by Crippen LogP contribution is -2.41. The Morgan fingerprint density at radius 3 is 2.06 bits per heavy atom. The maximum atomic E-state index is 12.8. The fourth-order valence-corrected chi connectivity index (χ4v) is 1.79. The number of aromatic amines is 1. The summed E-state index contributed by atoms with van der Waals surface area (Å²) in [6.45, 7) is 7.18. The van der Waals surface area contributed by atoms with Gasteiger partial charge in [-0.3, -0.25) is 0 Å². The fourth-order valence-electron chi connectivity index (χ4n) is 1.79. The summed E-state index contributed by atoms with van der Waals surface area (Å²) in [6.07, 6.45) is -3.18. The van der Waals surface area contributed by atoms with Gasteiger partial charge in [-0.25, -0.2) is 0 Å². The van der Waals surface area contributed by atoms with Gasteiger partial charge in [0, 0.05) is 6.20 Å². The molecule has 1 saturated heterocycles. The van der Waals surface area contributed by atoms with E-state index in [1.165, 1.54) is 6.20 Å². The van der Waals surface area contributed by atoms with E-state index >= 15 is 0 Å². The highest BCUT2D eigenvalue weighted by Gasteiger charge is 2.54. The minimum atomic E-state index is -4.42. The van der Waals surface area contributed by atoms with Crippen LogP contribution in [0.5, 0.6) is 0 Å². The molecule has 18 heavy (non-hydrogen) atoms. The third-order valence-electron chi connectivity index (χ3n) is 3.57. The van der Waals surface area contributed by atoms with Crippen LogP contribution in [-0.2, 0) is 15.5 Å². The fraction of sp³-hybridized carbons (Fsp3) is 0.636. The minimum Gasteiger partial charge on any atom is -0.398 e. The molecule has 0 radical (unpaired) electrons. The van der Waals surface area contributed by atoms with Crippen LogP contribution in [-0.4, -0.2) is 23.3 Å². The van der Waals surface area contributed by atoms with Crippen LogP contribution in [0, 0.1) is 0 Å². The van der Waals surface area contributed by atoms with Crippen LogP contribution in [0.25, 0.3) is 0 Å². The Kier molecular flexibility index (Phi) is 2.83. The Morgan fingerprint density at radius 1 is 1.11 bits per heavy atom. The van der Waals surface area contributed by atoms with Gasteiger partial charge < -0.3 is 14.3 Å². The number of H-pyrrole nitrogens is 1. The van der Waals surface area contributed by atoms with Crippen LogP contribution in [0.15, 0.2) is 12.3 Å².